The molecule has 164 valence electrons. The highest BCUT2D eigenvalue weighted by Gasteiger charge is 2.14. The quantitative estimate of drug-likeness (QED) is 0.176. The van der Waals surface area contributed by atoms with E-state index in [0.29, 0.717) is 11.3 Å². The number of carbonyl (C=O) groups is 1. The molecule has 0 unspecified atom stereocenters. The van der Waals surface area contributed by atoms with E-state index in [4.69, 9.17) is 32.0 Å². The maximum atomic E-state index is 12.4. The Kier molecular flexibility index (Phi) is 7.14. The summed E-state index contributed by atoms with van der Waals surface area (Å²) in [5.41, 5.74) is 12.0. The van der Waals surface area contributed by atoms with Gasteiger partial charge in [-0.2, -0.15) is 8.42 Å². The smallest absolute Gasteiger partial charge is 0.343 e. The van der Waals surface area contributed by atoms with Crippen molar-refractivity contribution in [3.05, 3.63) is 94.4 Å². The van der Waals surface area contributed by atoms with Crippen molar-refractivity contribution >= 4 is 45.4 Å². The third kappa shape index (κ3) is 6.86. The monoisotopic (exact) mass is 471 g/mol. The topological polar surface area (TPSA) is 134 Å². The van der Waals surface area contributed by atoms with Crippen molar-refractivity contribution in [3.63, 3.8) is 0 Å². The van der Waals surface area contributed by atoms with E-state index in [-0.39, 0.29) is 28.0 Å². The predicted octanol–water partition coefficient (Wildman–Crippen LogP) is 3.84. The Morgan fingerprint density at radius 3 is 2.25 bits per heavy atom. The van der Waals surface area contributed by atoms with Gasteiger partial charge in [-0.3, -0.25) is 0 Å². The number of hydrogen-bond donors (Lipinski definition) is 2. The second kappa shape index (κ2) is 9.99. The van der Waals surface area contributed by atoms with Gasteiger partial charge in [0.15, 0.2) is 5.96 Å². The number of nitrogens with zero attached hydrogens (tertiary/aromatic N) is 1. The fraction of sp³-hybridized carbons (Fsp3) is 0. The number of halogens is 1. The van der Waals surface area contributed by atoms with Crippen LogP contribution in [0, 0.1) is 0 Å². The van der Waals surface area contributed by atoms with Crippen LogP contribution in [0.3, 0.4) is 0 Å². The Bertz CT molecular complexity index is 1270. The molecule has 32 heavy (non-hydrogen) atoms. The van der Waals surface area contributed by atoms with E-state index in [1.165, 1.54) is 48.5 Å². The third-order valence-corrected chi connectivity index (χ3v) is 4.97. The van der Waals surface area contributed by atoms with Crippen molar-refractivity contribution < 1.29 is 22.1 Å². The lowest BCUT2D eigenvalue weighted by molar-refractivity contribution is 0.0734. The van der Waals surface area contributed by atoms with Gasteiger partial charge in [0.2, 0.25) is 0 Å². The Labute approximate surface area is 189 Å². The van der Waals surface area contributed by atoms with Crippen molar-refractivity contribution in [2.24, 2.45) is 16.5 Å². The molecule has 0 saturated heterocycles. The summed E-state index contributed by atoms with van der Waals surface area (Å²) in [6.45, 7) is 0. The summed E-state index contributed by atoms with van der Waals surface area (Å²) < 4.78 is 34.9. The second-order valence-corrected chi connectivity index (χ2v) is 8.25. The number of carbonyl (C=O) groups excluding carboxylic acids is 1. The molecule has 0 aliphatic rings. The van der Waals surface area contributed by atoms with Crippen molar-refractivity contribution in [1.29, 1.82) is 0 Å². The Balaban J connectivity index is 1.73. The van der Waals surface area contributed by atoms with Gasteiger partial charge in [0.05, 0.1) is 16.7 Å². The van der Waals surface area contributed by atoms with Crippen molar-refractivity contribution in [1.82, 2.24) is 0 Å². The van der Waals surface area contributed by atoms with Gasteiger partial charge in [-0.25, -0.2) is 9.79 Å². The molecule has 0 aliphatic heterocycles. The number of esters is 1. The molecule has 0 fully saturated rings. The first kappa shape index (κ1) is 22.9. The normalized spacial score (nSPS) is 11.2. The van der Waals surface area contributed by atoms with Crippen LogP contribution < -0.4 is 20.4 Å². The van der Waals surface area contributed by atoms with Crippen LogP contribution in [0.5, 0.6) is 11.5 Å². The summed E-state index contributed by atoms with van der Waals surface area (Å²) in [7, 11) is -4.07. The van der Waals surface area contributed by atoms with Gasteiger partial charge in [0.25, 0.3) is 0 Å². The fourth-order valence-electron chi connectivity index (χ4n) is 2.52. The van der Waals surface area contributed by atoms with Crippen LogP contribution in [0.2, 0.25) is 5.02 Å². The zero-order valence-electron chi connectivity index (χ0n) is 16.5. The van der Waals surface area contributed by atoms with E-state index < -0.39 is 16.1 Å². The Morgan fingerprint density at radius 2 is 1.59 bits per heavy atom. The molecule has 0 radical (unpaired) electrons. The molecule has 0 amide bonds. The first-order valence-corrected chi connectivity index (χ1v) is 11.0. The maximum absolute atomic E-state index is 12.4. The van der Waals surface area contributed by atoms with Crippen LogP contribution in [0.25, 0.3) is 6.08 Å². The average Bonchev–Trinajstić information content (AvgIpc) is 2.72. The van der Waals surface area contributed by atoms with Crippen LogP contribution in [0.15, 0.2) is 83.2 Å². The summed E-state index contributed by atoms with van der Waals surface area (Å²) in [6, 6.07) is 18.8. The lowest BCUT2D eigenvalue weighted by atomic mass is 10.2. The van der Waals surface area contributed by atoms with E-state index in [9.17, 15) is 13.2 Å². The molecule has 0 saturated carbocycles. The Hall–Kier alpha value is -3.82. The van der Waals surface area contributed by atoms with Crippen LogP contribution in [-0.2, 0) is 10.1 Å². The summed E-state index contributed by atoms with van der Waals surface area (Å²) >= 11 is 6.03. The first-order valence-electron chi connectivity index (χ1n) is 9.10. The lowest BCUT2D eigenvalue weighted by Gasteiger charge is -2.08. The fourth-order valence-corrected chi connectivity index (χ4v) is 3.48. The summed E-state index contributed by atoms with van der Waals surface area (Å²) in [5, 5.41) is 1.04. The molecule has 0 aliphatic carbocycles. The van der Waals surface area contributed by atoms with Gasteiger partial charge in [0, 0.05) is 17.2 Å². The SMILES string of the molecule is NC(N)=Nc1ccc(C(=O)Oc2cc(Cl)cc(OS(=O)(=O)/C=C/c3ccccc3)c2)cc1. The molecule has 0 aromatic heterocycles. The number of ether oxygens (including phenoxy) is 1. The molecular weight excluding hydrogens is 454 g/mol. The van der Waals surface area contributed by atoms with Crippen molar-refractivity contribution in [2.75, 3.05) is 0 Å². The van der Waals surface area contributed by atoms with Gasteiger partial charge in [-0.05, 0) is 42.0 Å². The average molecular weight is 472 g/mol. The minimum atomic E-state index is -4.07. The standard InChI is InChI=1S/C22H18ClN3O5S/c23-17-12-19(30-21(27)16-6-8-18(9-7-16)26-22(24)25)14-20(13-17)31-32(28,29)11-10-15-4-2-1-3-5-15/h1-14H,(H4,24,25,26)/b11-10+. The molecule has 3 aromatic carbocycles. The predicted molar refractivity (Wildman–Crippen MR) is 123 cm³/mol. The molecule has 0 atom stereocenters. The van der Waals surface area contributed by atoms with Crippen molar-refractivity contribution in [2.45, 2.75) is 0 Å². The molecule has 8 nitrogen and oxygen atoms in total. The molecule has 0 heterocycles. The maximum Gasteiger partial charge on any atom is 0.343 e. The van der Waals surface area contributed by atoms with Crippen LogP contribution >= 0.6 is 11.6 Å². The molecule has 4 N–H and O–H groups in total. The molecular formula is C22H18ClN3O5S. The van der Waals surface area contributed by atoms with Crippen LogP contribution in [0.4, 0.5) is 5.69 Å². The van der Waals surface area contributed by atoms with Gasteiger partial charge in [-0.15, -0.1) is 0 Å². The molecule has 0 bridgehead atoms. The number of rotatable bonds is 7. The minimum absolute atomic E-state index is 0.00744. The zero-order valence-corrected chi connectivity index (χ0v) is 18.1. The van der Waals surface area contributed by atoms with Gasteiger partial charge in [0.1, 0.15) is 11.5 Å². The van der Waals surface area contributed by atoms with E-state index in [1.807, 2.05) is 6.07 Å². The summed E-state index contributed by atoms with van der Waals surface area (Å²) in [6.07, 6.45) is 1.40. The second-order valence-electron chi connectivity index (χ2n) is 6.39. The zero-order chi connectivity index (χ0) is 23.1. The Morgan fingerprint density at radius 1 is 0.938 bits per heavy atom. The van der Waals surface area contributed by atoms with Gasteiger partial charge >= 0.3 is 16.1 Å². The van der Waals surface area contributed by atoms with Crippen molar-refractivity contribution in [3.8, 4) is 11.5 Å². The third-order valence-electron chi connectivity index (χ3n) is 3.86. The van der Waals surface area contributed by atoms with Crippen LogP contribution in [0.1, 0.15) is 15.9 Å². The molecule has 3 rings (SSSR count). The number of aliphatic imine (C=N–C) groups is 1. The number of nitrogens with two attached hydrogens (primary N) is 2. The first-order chi connectivity index (χ1) is 15.2. The van der Waals surface area contributed by atoms with Crippen LogP contribution in [-0.4, -0.2) is 20.3 Å². The van der Waals surface area contributed by atoms with E-state index in [1.54, 1.807) is 24.3 Å². The van der Waals surface area contributed by atoms with E-state index >= 15 is 0 Å². The number of hydrogen-bond acceptors (Lipinski definition) is 6. The largest absolute Gasteiger partial charge is 0.423 e. The van der Waals surface area contributed by atoms with Gasteiger partial charge in [-0.1, -0.05) is 41.9 Å². The molecule has 3 aromatic rings. The van der Waals surface area contributed by atoms with Gasteiger partial charge < -0.3 is 20.4 Å². The van der Waals surface area contributed by atoms with E-state index in [0.717, 1.165) is 5.41 Å². The van der Waals surface area contributed by atoms with E-state index in [2.05, 4.69) is 4.99 Å². The number of guanidine groups is 1. The highest BCUT2D eigenvalue weighted by Crippen LogP contribution is 2.28. The number of benzene rings is 3. The highest BCUT2D eigenvalue weighted by molar-refractivity contribution is 7.90. The summed E-state index contributed by atoms with van der Waals surface area (Å²) in [4.78, 5) is 16.3. The summed E-state index contributed by atoms with van der Waals surface area (Å²) in [5.74, 6) is -0.907. The highest BCUT2D eigenvalue weighted by atomic mass is 35.5. The molecule has 0 spiro atoms. The lowest BCUT2D eigenvalue weighted by Crippen LogP contribution is -2.21. The minimum Gasteiger partial charge on any atom is -0.423 e. The molecule has 10 heteroatoms.